The second kappa shape index (κ2) is 4.70. The summed E-state index contributed by atoms with van der Waals surface area (Å²) in [5.74, 6) is 0.423. The number of hydrogen-bond acceptors (Lipinski definition) is 3. The van der Waals surface area contributed by atoms with Crippen LogP contribution in [0.15, 0.2) is 0 Å². The second-order valence-corrected chi connectivity index (χ2v) is 3.09. The van der Waals surface area contributed by atoms with Crippen LogP contribution in [0.1, 0.15) is 19.3 Å². The van der Waals surface area contributed by atoms with Gasteiger partial charge >= 0.3 is 0 Å². The van der Waals surface area contributed by atoms with Crippen LogP contribution < -0.4 is 5.73 Å². The Morgan fingerprint density at radius 2 is 2.09 bits per heavy atom. The fourth-order valence-corrected chi connectivity index (χ4v) is 1.51. The highest BCUT2D eigenvalue weighted by molar-refractivity contribution is 4.71. The molecule has 0 radical (unpaired) electrons. The maximum atomic E-state index is 9.54. The molecule has 0 saturated carbocycles. The third-order valence-electron chi connectivity index (χ3n) is 2.27. The van der Waals surface area contributed by atoms with Crippen molar-refractivity contribution in [1.29, 1.82) is 0 Å². The fourth-order valence-electron chi connectivity index (χ4n) is 1.51. The second-order valence-electron chi connectivity index (χ2n) is 3.09. The lowest BCUT2D eigenvalue weighted by atomic mass is 9.92. The van der Waals surface area contributed by atoms with E-state index in [1.807, 2.05) is 0 Å². The van der Waals surface area contributed by atoms with Gasteiger partial charge in [-0.15, -0.1) is 0 Å². The van der Waals surface area contributed by atoms with Gasteiger partial charge in [0.2, 0.25) is 0 Å². The van der Waals surface area contributed by atoms with E-state index in [1.54, 1.807) is 0 Å². The van der Waals surface area contributed by atoms with Crippen LogP contribution >= 0.6 is 0 Å². The topological polar surface area (TPSA) is 55.5 Å². The number of ether oxygens (including phenoxy) is 1. The highest BCUT2D eigenvalue weighted by Gasteiger charge is 2.20. The first-order valence-corrected chi connectivity index (χ1v) is 4.30. The Balaban J connectivity index is 2.21. The molecule has 1 atom stereocenters. The number of aliphatic hydroxyl groups is 1. The quantitative estimate of drug-likeness (QED) is 0.615. The largest absolute Gasteiger partial charge is 0.393 e. The van der Waals surface area contributed by atoms with Crippen molar-refractivity contribution in [2.45, 2.75) is 25.4 Å². The molecule has 0 aromatic heterocycles. The molecule has 0 spiro atoms. The van der Waals surface area contributed by atoms with E-state index < -0.39 is 0 Å². The predicted molar refractivity (Wildman–Crippen MR) is 43.2 cm³/mol. The zero-order valence-corrected chi connectivity index (χ0v) is 6.83. The summed E-state index contributed by atoms with van der Waals surface area (Å²) < 4.78 is 5.19. The summed E-state index contributed by atoms with van der Waals surface area (Å²) in [5, 5.41) is 9.54. The van der Waals surface area contributed by atoms with Crippen molar-refractivity contribution in [2.24, 2.45) is 11.7 Å². The average Bonchev–Trinajstić information content (AvgIpc) is 2.07. The molecule has 1 heterocycles. The first-order valence-electron chi connectivity index (χ1n) is 4.30. The molecule has 0 aromatic carbocycles. The van der Waals surface area contributed by atoms with Gasteiger partial charge in [0.15, 0.2) is 0 Å². The van der Waals surface area contributed by atoms with E-state index in [-0.39, 0.29) is 6.10 Å². The number of aliphatic hydroxyl groups excluding tert-OH is 1. The lowest BCUT2D eigenvalue weighted by Crippen LogP contribution is -2.29. The van der Waals surface area contributed by atoms with Crippen LogP contribution in [0.3, 0.4) is 0 Å². The molecule has 0 bridgehead atoms. The SMILES string of the molecule is NCCC(O)C1CCOCC1. The Bertz CT molecular complexity index is 102. The molecule has 1 saturated heterocycles. The highest BCUT2D eigenvalue weighted by atomic mass is 16.5. The van der Waals surface area contributed by atoms with Crippen LogP contribution in [0.5, 0.6) is 0 Å². The minimum Gasteiger partial charge on any atom is -0.393 e. The molecule has 1 aliphatic heterocycles. The Hall–Kier alpha value is -0.120. The standard InChI is InChI=1S/C8H17NO2/c9-4-1-8(10)7-2-5-11-6-3-7/h7-8,10H,1-6,9H2. The van der Waals surface area contributed by atoms with E-state index in [9.17, 15) is 5.11 Å². The summed E-state index contributed by atoms with van der Waals surface area (Å²) in [6.45, 7) is 2.18. The minimum atomic E-state index is -0.205. The van der Waals surface area contributed by atoms with Crippen LogP contribution in [-0.2, 0) is 4.74 Å². The van der Waals surface area contributed by atoms with Crippen molar-refractivity contribution in [3.63, 3.8) is 0 Å². The van der Waals surface area contributed by atoms with Crippen molar-refractivity contribution in [3.8, 4) is 0 Å². The third kappa shape index (κ3) is 2.77. The molecule has 3 heteroatoms. The highest BCUT2D eigenvalue weighted by Crippen LogP contribution is 2.19. The molecule has 1 rings (SSSR count). The molecule has 3 N–H and O–H groups in total. The van der Waals surface area contributed by atoms with Gasteiger partial charge in [-0.25, -0.2) is 0 Å². The molecule has 0 aromatic rings. The van der Waals surface area contributed by atoms with E-state index in [4.69, 9.17) is 10.5 Å². The Labute approximate surface area is 67.5 Å². The van der Waals surface area contributed by atoms with E-state index in [0.717, 1.165) is 32.5 Å². The van der Waals surface area contributed by atoms with E-state index in [0.29, 0.717) is 12.5 Å². The zero-order chi connectivity index (χ0) is 8.10. The Morgan fingerprint density at radius 3 is 2.64 bits per heavy atom. The van der Waals surface area contributed by atoms with Crippen molar-refractivity contribution >= 4 is 0 Å². The molecular weight excluding hydrogens is 142 g/mol. The summed E-state index contributed by atoms with van der Waals surface area (Å²) in [7, 11) is 0. The van der Waals surface area contributed by atoms with Crippen molar-refractivity contribution in [2.75, 3.05) is 19.8 Å². The molecule has 3 nitrogen and oxygen atoms in total. The van der Waals surface area contributed by atoms with Gasteiger partial charge in [0, 0.05) is 13.2 Å². The van der Waals surface area contributed by atoms with Crippen LogP contribution in [-0.4, -0.2) is 31.0 Å². The molecule has 1 aliphatic rings. The first kappa shape index (κ1) is 8.97. The molecule has 0 amide bonds. The van der Waals surface area contributed by atoms with Crippen LogP contribution in [0, 0.1) is 5.92 Å². The summed E-state index contributed by atoms with van der Waals surface area (Å²) >= 11 is 0. The van der Waals surface area contributed by atoms with Crippen LogP contribution in [0.25, 0.3) is 0 Å². The predicted octanol–water partition coefficient (Wildman–Crippen LogP) is 0.123. The molecular formula is C8H17NO2. The van der Waals surface area contributed by atoms with Gasteiger partial charge < -0.3 is 15.6 Å². The lowest BCUT2D eigenvalue weighted by molar-refractivity contribution is 0.00598. The van der Waals surface area contributed by atoms with Gasteiger partial charge in [-0.3, -0.25) is 0 Å². The van der Waals surface area contributed by atoms with Gasteiger partial charge in [-0.05, 0) is 31.7 Å². The van der Waals surface area contributed by atoms with Crippen LogP contribution in [0.4, 0.5) is 0 Å². The van der Waals surface area contributed by atoms with Crippen LogP contribution in [0.2, 0.25) is 0 Å². The smallest absolute Gasteiger partial charge is 0.0582 e. The third-order valence-corrected chi connectivity index (χ3v) is 2.27. The summed E-state index contributed by atoms with van der Waals surface area (Å²) in [4.78, 5) is 0. The normalized spacial score (nSPS) is 23.5. The Kier molecular flexibility index (Phi) is 3.83. The average molecular weight is 159 g/mol. The van der Waals surface area contributed by atoms with E-state index in [2.05, 4.69) is 0 Å². The first-order chi connectivity index (χ1) is 5.34. The maximum Gasteiger partial charge on any atom is 0.0582 e. The molecule has 0 aliphatic carbocycles. The van der Waals surface area contributed by atoms with E-state index >= 15 is 0 Å². The van der Waals surface area contributed by atoms with Crippen molar-refractivity contribution in [3.05, 3.63) is 0 Å². The van der Waals surface area contributed by atoms with Gasteiger partial charge in [0.25, 0.3) is 0 Å². The Morgan fingerprint density at radius 1 is 1.45 bits per heavy atom. The number of hydrogen-bond donors (Lipinski definition) is 2. The lowest BCUT2D eigenvalue weighted by Gasteiger charge is -2.26. The van der Waals surface area contributed by atoms with Crippen molar-refractivity contribution < 1.29 is 9.84 Å². The zero-order valence-electron chi connectivity index (χ0n) is 6.83. The minimum absolute atomic E-state index is 0.205. The van der Waals surface area contributed by atoms with Gasteiger partial charge in [0.05, 0.1) is 6.10 Å². The molecule has 1 unspecified atom stereocenters. The molecule has 1 fully saturated rings. The molecule has 66 valence electrons. The van der Waals surface area contributed by atoms with Gasteiger partial charge in [0.1, 0.15) is 0 Å². The molecule has 11 heavy (non-hydrogen) atoms. The number of nitrogens with two attached hydrogens (primary N) is 1. The summed E-state index contributed by atoms with van der Waals surface area (Å²) in [6, 6.07) is 0. The fraction of sp³-hybridized carbons (Fsp3) is 1.00. The summed E-state index contributed by atoms with van der Waals surface area (Å²) in [5.41, 5.74) is 5.34. The van der Waals surface area contributed by atoms with E-state index in [1.165, 1.54) is 0 Å². The monoisotopic (exact) mass is 159 g/mol. The van der Waals surface area contributed by atoms with Crippen molar-refractivity contribution in [1.82, 2.24) is 0 Å². The maximum absolute atomic E-state index is 9.54. The summed E-state index contributed by atoms with van der Waals surface area (Å²) in [6.07, 6.45) is 2.50. The van der Waals surface area contributed by atoms with Gasteiger partial charge in [-0.1, -0.05) is 0 Å². The van der Waals surface area contributed by atoms with Gasteiger partial charge in [-0.2, -0.15) is 0 Å². The number of rotatable bonds is 3.